The molecule has 1 amide bonds. The van der Waals surface area contributed by atoms with Crippen LogP contribution in [0.2, 0.25) is 0 Å². The highest BCUT2D eigenvalue weighted by molar-refractivity contribution is 7.09. The van der Waals surface area contributed by atoms with Gasteiger partial charge in [-0.3, -0.25) is 9.69 Å². The molecule has 1 aromatic carbocycles. The molecular formula is C24H33N3O3S. The Morgan fingerprint density at radius 1 is 1.23 bits per heavy atom. The van der Waals surface area contributed by atoms with Crippen molar-refractivity contribution in [2.45, 2.75) is 58.7 Å². The number of rotatable bonds is 8. The summed E-state index contributed by atoms with van der Waals surface area (Å²) in [7, 11) is 1.68. The number of aryl methyl sites for hydroxylation is 1. The highest BCUT2D eigenvalue weighted by Crippen LogP contribution is 2.39. The Hall–Kier alpha value is -1.96. The van der Waals surface area contributed by atoms with Gasteiger partial charge in [0.1, 0.15) is 18.1 Å². The summed E-state index contributed by atoms with van der Waals surface area (Å²) in [4.78, 5) is 22.1. The fourth-order valence-corrected chi connectivity index (χ4v) is 5.70. The van der Waals surface area contributed by atoms with Crippen molar-refractivity contribution >= 4 is 17.2 Å². The van der Waals surface area contributed by atoms with Gasteiger partial charge >= 0.3 is 0 Å². The molecule has 2 aliphatic rings. The summed E-state index contributed by atoms with van der Waals surface area (Å²) in [6.07, 6.45) is 1.93. The second-order valence-electron chi connectivity index (χ2n) is 8.60. The van der Waals surface area contributed by atoms with Crippen molar-refractivity contribution in [3.05, 3.63) is 44.9 Å². The number of aromatic nitrogens is 1. The number of likely N-dealkylation sites (tertiary alicyclic amines) is 2. The summed E-state index contributed by atoms with van der Waals surface area (Å²) < 4.78 is 11.0. The second kappa shape index (κ2) is 9.27. The molecule has 0 saturated carbocycles. The monoisotopic (exact) mass is 443 g/mol. The summed E-state index contributed by atoms with van der Waals surface area (Å²) in [6.45, 7) is 11.5. The standard InChI is InChI=1S/C24H33N3O3S/c1-6-23-25-21(14-31-23)24(28)27-13-18-11-19(27)12-26(18)17(4)20-7-8-22(16(3)15(20)2)30-10-9-29-5/h7-8,14,17-19H,6,9-13H2,1-5H3/t17-,18+,19+/m0/s1. The van der Waals surface area contributed by atoms with Crippen molar-refractivity contribution in [1.82, 2.24) is 14.8 Å². The molecule has 3 heterocycles. The molecule has 0 N–H and O–H groups in total. The van der Waals surface area contributed by atoms with Crippen LogP contribution in [0, 0.1) is 13.8 Å². The number of piperazine rings is 1. The van der Waals surface area contributed by atoms with Gasteiger partial charge in [-0.25, -0.2) is 4.98 Å². The summed E-state index contributed by atoms with van der Waals surface area (Å²) in [5, 5.41) is 2.94. The minimum atomic E-state index is 0.0975. The highest BCUT2D eigenvalue weighted by Gasteiger charge is 2.47. The third kappa shape index (κ3) is 4.23. The van der Waals surface area contributed by atoms with E-state index in [2.05, 4.69) is 49.7 Å². The third-order valence-electron chi connectivity index (χ3n) is 6.89. The molecule has 6 nitrogen and oxygen atoms in total. The van der Waals surface area contributed by atoms with E-state index in [4.69, 9.17) is 9.47 Å². The number of ether oxygens (including phenoxy) is 2. The first-order chi connectivity index (χ1) is 14.9. The Morgan fingerprint density at radius 2 is 2.03 bits per heavy atom. The lowest BCUT2D eigenvalue weighted by Crippen LogP contribution is -2.49. The lowest BCUT2D eigenvalue weighted by atomic mass is 9.96. The topological polar surface area (TPSA) is 54.9 Å². The van der Waals surface area contributed by atoms with Crippen molar-refractivity contribution in [2.24, 2.45) is 0 Å². The smallest absolute Gasteiger partial charge is 0.273 e. The van der Waals surface area contributed by atoms with E-state index in [0.717, 1.165) is 36.7 Å². The molecule has 0 unspecified atom stereocenters. The average Bonchev–Trinajstić information content (AvgIpc) is 3.51. The van der Waals surface area contributed by atoms with Gasteiger partial charge in [-0.1, -0.05) is 13.0 Å². The zero-order valence-electron chi connectivity index (χ0n) is 19.2. The molecule has 7 heteroatoms. The maximum atomic E-state index is 13.0. The summed E-state index contributed by atoms with van der Waals surface area (Å²) in [5.41, 5.74) is 4.43. The van der Waals surface area contributed by atoms with Crippen LogP contribution >= 0.6 is 11.3 Å². The molecule has 3 atom stereocenters. The van der Waals surface area contributed by atoms with Crippen LogP contribution < -0.4 is 4.74 Å². The van der Waals surface area contributed by atoms with Crippen LogP contribution in [0.4, 0.5) is 0 Å². The molecule has 0 radical (unpaired) electrons. The Labute approximate surface area is 189 Å². The quantitative estimate of drug-likeness (QED) is 0.577. The van der Waals surface area contributed by atoms with Gasteiger partial charge in [-0.05, 0) is 56.4 Å². The number of methoxy groups -OCH3 is 1. The van der Waals surface area contributed by atoms with E-state index in [0.29, 0.717) is 31.0 Å². The van der Waals surface area contributed by atoms with Crippen LogP contribution in [0.5, 0.6) is 5.75 Å². The van der Waals surface area contributed by atoms with Crippen LogP contribution in [0.1, 0.15) is 58.5 Å². The Balaban J connectivity index is 1.43. The number of fused-ring (bicyclic) bond motifs is 2. The number of nitrogens with zero attached hydrogens (tertiary/aromatic N) is 3. The van der Waals surface area contributed by atoms with E-state index in [1.165, 1.54) is 16.7 Å². The van der Waals surface area contributed by atoms with Crippen molar-refractivity contribution in [1.29, 1.82) is 0 Å². The maximum Gasteiger partial charge on any atom is 0.273 e. The lowest BCUT2D eigenvalue weighted by molar-refractivity contribution is 0.0564. The van der Waals surface area contributed by atoms with Crippen molar-refractivity contribution in [3.63, 3.8) is 0 Å². The minimum Gasteiger partial charge on any atom is -0.491 e. The average molecular weight is 444 g/mol. The largest absolute Gasteiger partial charge is 0.491 e. The second-order valence-corrected chi connectivity index (χ2v) is 9.54. The molecule has 2 aliphatic heterocycles. The van der Waals surface area contributed by atoms with Crippen LogP contribution in [-0.4, -0.2) is 66.2 Å². The van der Waals surface area contributed by atoms with Crippen molar-refractivity contribution < 1.29 is 14.3 Å². The number of amides is 1. The van der Waals surface area contributed by atoms with Gasteiger partial charge in [0.05, 0.1) is 11.6 Å². The van der Waals surface area contributed by atoms with E-state index < -0.39 is 0 Å². The molecule has 2 fully saturated rings. The Kier molecular flexibility index (Phi) is 6.65. The molecule has 4 rings (SSSR count). The molecule has 31 heavy (non-hydrogen) atoms. The predicted octanol–water partition coefficient (Wildman–Crippen LogP) is 4.01. The predicted molar refractivity (Wildman–Crippen MR) is 123 cm³/mol. The van der Waals surface area contributed by atoms with Gasteiger partial charge in [0, 0.05) is 43.7 Å². The zero-order chi connectivity index (χ0) is 22.1. The van der Waals surface area contributed by atoms with E-state index in [-0.39, 0.29) is 11.9 Å². The molecule has 0 spiro atoms. The summed E-state index contributed by atoms with van der Waals surface area (Å²) in [5.74, 6) is 1.03. The number of hydrogen-bond donors (Lipinski definition) is 0. The van der Waals surface area contributed by atoms with Gasteiger partial charge < -0.3 is 14.4 Å². The van der Waals surface area contributed by atoms with Crippen LogP contribution in [0.25, 0.3) is 0 Å². The van der Waals surface area contributed by atoms with E-state index in [1.807, 2.05) is 10.3 Å². The van der Waals surface area contributed by atoms with Gasteiger partial charge in [-0.2, -0.15) is 0 Å². The first-order valence-corrected chi connectivity index (χ1v) is 12.1. The van der Waals surface area contributed by atoms with Crippen LogP contribution in [0.15, 0.2) is 17.5 Å². The molecule has 2 aromatic rings. The zero-order valence-corrected chi connectivity index (χ0v) is 20.0. The molecule has 2 saturated heterocycles. The number of carbonyl (C=O) groups excluding carboxylic acids is 1. The van der Waals surface area contributed by atoms with Gasteiger partial charge in [0.15, 0.2) is 0 Å². The SMILES string of the molecule is CCc1nc(C(=O)N2C[C@H]3C[C@@H]2CN3[C@@H](C)c2ccc(OCCOC)c(C)c2C)cs1. The highest BCUT2D eigenvalue weighted by atomic mass is 32.1. The molecular weight excluding hydrogens is 410 g/mol. The lowest BCUT2D eigenvalue weighted by Gasteiger charge is -2.38. The van der Waals surface area contributed by atoms with Crippen molar-refractivity contribution in [2.75, 3.05) is 33.4 Å². The number of carbonyl (C=O) groups is 1. The first-order valence-electron chi connectivity index (χ1n) is 11.2. The van der Waals surface area contributed by atoms with Crippen LogP contribution in [-0.2, 0) is 11.2 Å². The normalized spacial score (nSPS) is 21.6. The fourth-order valence-electron chi connectivity index (χ4n) is 4.98. The van der Waals surface area contributed by atoms with Crippen LogP contribution in [0.3, 0.4) is 0 Å². The minimum absolute atomic E-state index is 0.0975. The first kappa shape index (κ1) is 22.2. The van der Waals surface area contributed by atoms with Crippen molar-refractivity contribution in [3.8, 4) is 5.75 Å². The van der Waals surface area contributed by atoms with E-state index in [1.54, 1.807) is 18.4 Å². The maximum absolute atomic E-state index is 13.0. The molecule has 2 bridgehead atoms. The van der Waals surface area contributed by atoms with E-state index in [9.17, 15) is 4.79 Å². The Bertz CT molecular complexity index is 944. The summed E-state index contributed by atoms with van der Waals surface area (Å²) in [6, 6.07) is 5.29. The molecule has 168 valence electrons. The fraction of sp³-hybridized carbons (Fsp3) is 0.583. The number of benzene rings is 1. The number of hydrogen-bond acceptors (Lipinski definition) is 6. The molecule has 0 aliphatic carbocycles. The van der Waals surface area contributed by atoms with Gasteiger partial charge in [-0.15, -0.1) is 11.3 Å². The molecule has 1 aromatic heterocycles. The van der Waals surface area contributed by atoms with Gasteiger partial charge in [0.2, 0.25) is 0 Å². The van der Waals surface area contributed by atoms with Gasteiger partial charge in [0.25, 0.3) is 5.91 Å². The third-order valence-corrected chi connectivity index (χ3v) is 7.88. The Morgan fingerprint density at radius 3 is 2.68 bits per heavy atom. The van der Waals surface area contributed by atoms with E-state index >= 15 is 0 Å². The summed E-state index contributed by atoms with van der Waals surface area (Å²) >= 11 is 1.58. The number of thiazole rings is 1.